The molecule has 0 fully saturated rings. The van der Waals surface area contributed by atoms with E-state index in [0.29, 0.717) is 6.54 Å². The maximum atomic E-state index is 11.0. The molecule has 2 N–H and O–H groups in total. The average molecular weight is 178 g/mol. The standard InChI is InChI=1S/C8H10N4O/c9-8(13)7-6-4-10-2-1-5(6)3-11-12-7/h2,4-5,7H,1,3H2,(H2,9,13). The number of carbonyl (C=O) groups is 1. The lowest BCUT2D eigenvalue weighted by molar-refractivity contribution is -0.118. The molecule has 2 atom stereocenters. The molecule has 13 heavy (non-hydrogen) atoms. The molecule has 0 saturated heterocycles. The summed E-state index contributed by atoms with van der Waals surface area (Å²) in [7, 11) is 0. The molecule has 1 amide bonds. The van der Waals surface area contributed by atoms with Crippen LogP contribution in [0, 0.1) is 5.92 Å². The second-order valence-corrected chi connectivity index (χ2v) is 3.14. The van der Waals surface area contributed by atoms with Crippen molar-refractivity contribution in [3.05, 3.63) is 11.8 Å². The van der Waals surface area contributed by atoms with Gasteiger partial charge in [0.25, 0.3) is 0 Å². The summed E-state index contributed by atoms with van der Waals surface area (Å²) in [4.78, 5) is 15.0. The van der Waals surface area contributed by atoms with Gasteiger partial charge in [-0.2, -0.15) is 10.2 Å². The fraction of sp³-hybridized carbons (Fsp3) is 0.500. The lowest BCUT2D eigenvalue weighted by atomic mass is 9.89. The van der Waals surface area contributed by atoms with Gasteiger partial charge in [-0.3, -0.25) is 9.79 Å². The van der Waals surface area contributed by atoms with Crippen molar-refractivity contribution in [2.24, 2.45) is 26.9 Å². The Morgan fingerprint density at radius 2 is 2.46 bits per heavy atom. The van der Waals surface area contributed by atoms with Crippen molar-refractivity contribution >= 4 is 12.1 Å². The van der Waals surface area contributed by atoms with E-state index in [0.717, 1.165) is 12.0 Å². The monoisotopic (exact) mass is 178 g/mol. The van der Waals surface area contributed by atoms with E-state index in [2.05, 4.69) is 15.2 Å². The highest BCUT2D eigenvalue weighted by atomic mass is 16.1. The first-order valence-electron chi connectivity index (χ1n) is 4.16. The number of fused-ring (bicyclic) bond motifs is 1. The van der Waals surface area contributed by atoms with Crippen molar-refractivity contribution in [3.8, 4) is 0 Å². The van der Waals surface area contributed by atoms with E-state index in [4.69, 9.17) is 5.73 Å². The largest absolute Gasteiger partial charge is 0.367 e. The highest BCUT2D eigenvalue weighted by molar-refractivity contribution is 5.84. The van der Waals surface area contributed by atoms with Crippen LogP contribution in [0.5, 0.6) is 0 Å². The predicted octanol–water partition coefficient (Wildman–Crippen LogP) is 0.281. The first-order valence-corrected chi connectivity index (χ1v) is 4.16. The topological polar surface area (TPSA) is 80.2 Å². The predicted molar refractivity (Wildman–Crippen MR) is 47.4 cm³/mol. The van der Waals surface area contributed by atoms with Gasteiger partial charge in [-0.1, -0.05) is 0 Å². The van der Waals surface area contributed by atoms with E-state index in [9.17, 15) is 4.79 Å². The van der Waals surface area contributed by atoms with Gasteiger partial charge in [0.1, 0.15) is 0 Å². The smallest absolute Gasteiger partial charge is 0.248 e. The molecular weight excluding hydrogens is 168 g/mol. The minimum Gasteiger partial charge on any atom is -0.367 e. The number of aliphatic imine (C=N–C) groups is 1. The van der Waals surface area contributed by atoms with Crippen molar-refractivity contribution in [2.75, 3.05) is 6.54 Å². The molecular formula is C8H10N4O. The quantitative estimate of drug-likeness (QED) is 0.614. The van der Waals surface area contributed by atoms with Crippen LogP contribution in [0.3, 0.4) is 0 Å². The molecule has 0 spiro atoms. The number of hydrogen-bond donors (Lipinski definition) is 1. The maximum Gasteiger partial charge on any atom is 0.248 e. The van der Waals surface area contributed by atoms with Crippen molar-refractivity contribution < 1.29 is 4.79 Å². The fourth-order valence-electron chi connectivity index (χ4n) is 1.56. The molecule has 0 aromatic carbocycles. The summed E-state index contributed by atoms with van der Waals surface area (Å²) in [6.07, 6.45) is 4.34. The molecule has 2 aliphatic heterocycles. The van der Waals surface area contributed by atoms with E-state index in [1.165, 1.54) is 0 Å². The molecule has 5 heteroatoms. The van der Waals surface area contributed by atoms with Gasteiger partial charge >= 0.3 is 0 Å². The molecule has 0 aliphatic carbocycles. The summed E-state index contributed by atoms with van der Waals surface area (Å²) in [6, 6.07) is -0.587. The Labute approximate surface area is 75.4 Å². The van der Waals surface area contributed by atoms with Gasteiger partial charge in [0.05, 0.1) is 6.54 Å². The summed E-state index contributed by atoms with van der Waals surface area (Å²) < 4.78 is 0. The van der Waals surface area contributed by atoms with Crippen LogP contribution in [-0.2, 0) is 4.79 Å². The van der Waals surface area contributed by atoms with Crippen LogP contribution in [0.15, 0.2) is 27.0 Å². The molecule has 2 aliphatic rings. The number of nitrogens with zero attached hydrogens (tertiary/aromatic N) is 3. The maximum absolute atomic E-state index is 11.0. The van der Waals surface area contributed by atoms with Crippen molar-refractivity contribution in [3.63, 3.8) is 0 Å². The Morgan fingerprint density at radius 3 is 3.23 bits per heavy atom. The lowest BCUT2D eigenvalue weighted by Gasteiger charge is -2.25. The lowest BCUT2D eigenvalue weighted by Crippen LogP contribution is -2.35. The molecule has 5 nitrogen and oxygen atoms in total. The van der Waals surface area contributed by atoms with E-state index in [-0.39, 0.29) is 5.92 Å². The molecule has 2 heterocycles. The molecule has 0 aromatic heterocycles. The van der Waals surface area contributed by atoms with Gasteiger partial charge < -0.3 is 5.73 Å². The van der Waals surface area contributed by atoms with Gasteiger partial charge in [0.15, 0.2) is 6.04 Å². The Morgan fingerprint density at radius 1 is 1.62 bits per heavy atom. The van der Waals surface area contributed by atoms with Crippen LogP contribution in [0.2, 0.25) is 0 Å². The number of rotatable bonds is 1. The van der Waals surface area contributed by atoms with Crippen molar-refractivity contribution in [1.82, 2.24) is 0 Å². The summed E-state index contributed by atoms with van der Waals surface area (Å²) >= 11 is 0. The van der Waals surface area contributed by atoms with Crippen LogP contribution in [-0.4, -0.2) is 24.7 Å². The number of hydrogen-bond acceptors (Lipinski definition) is 4. The zero-order chi connectivity index (χ0) is 9.26. The van der Waals surface area contributed by atoms with E-state index in [1.54, 1.807) is 6.20 Å². The second-order valence-electron chi connectivity index (χ2n) is 3.14. The van der Waals surface area contributed by atoms with Crippen LogP contribution in [0.1, 0.15) is 6.42 Å². The Kier molecular flexibility index (Phi) is 1.92. The highest BCUT2D eigenvalue weighted by Gasteiger charge is 2.30. The Balaban J connectivity index is 2.32. The molecule has 0 radical (unpaired) electrons. The molecule has 0 saturated carbocycles. The third kappa shape index (κ3) is 1.37. The minimum absolute atomic E-state index is 0.271. The van der Waals surface area contributed by atoms with E-state index in [1.807, 2.05) is 6.21 Å². The summed E-state index contributed by atoms with van der Waals surface area (Å²) in [5, 5.41) is 7.71. The third-order valence-corrected chi connectivity index (χ3v) is 2.27. The van der Waals surface area contributed by atoms with E-state index >= 15 is 0 Å². The van der Waals surface area contributed by atoms with Crippen LogP contribution >= 0.6 is 0 Å². The fourth-order valence-corrected chi connectivity index (χ4v) is 1.56. The van der Waals surface area contributed by atoms with Gasteiger partial charge in [0, 0.05) is 18.3 Å². The first kappa shape index (κ1) is 8.10. The Hall–Kier alpha value is -1.52. The number of azo groups is 1. The number of nitrogens with two attached hydrogens (primary N) is 1. The van der Waals surface area contributed by atoms with Gasteiger partial charge in [0.2, 0.25) is 5.91 Å². The average Bonchev–Trinajstić information content (AvgIpc) is 2.17. The summed E-state index contributed by atoms with van der Waals surface area (Å²) in [5.74, 6) is -0.177. The summed E-state index contributed by atoms with van der Waals surface area (Å²) in [5.41, 5.74) is 6.10. The number of amides is 1. The molecule has 2 rings (SSSR count). The molecule has 0 bridgehead atoms. The van der Waals surface area contributed by atoms with Crippen molar-refractivity contribution in [1.29, 1.82) is 0 Å². The normalized spacial score (nSPS) is 30.9. The van der Waals surface area contributed by atoms with Gasteiger partial charge in [-0.25, -0.2) is 0 Å². The zero-order valence-electron chi connectivity index (χ0n) is 7.05. The van der Waals surface area contributed by atoms with Crippen LogP contribution < -0.4 is 5.73 Å². The highest BCUT2D eigenvalue weighted by Crippen LogP contribution is 2.27. The van der Waals surface area contributed by atoms with E-state index < -0.39 is 11.9 Å². The molecule has 2 unspecified atom stereocenters. The van der Waals surface area contributed by atoms with Gasteiger partial charge in [-0.05, 0) is 12.0 Å². The summed E-state index contributed by atoms with van der Waals surface area (Å²) in [6.45, 7) is 0.641. The third-order valence-electron chi connectivity index (χ3n) is 2.27. The van der Waals surface area contributed by atoms with Gasteiger partial charge in [-0.15, -0.1) is 0 Å². The Bertz CT molecular complexity index is 318. The zero-order valence-corrected chi connectivity index (χ0v) is 7.05. The van der Waals surface area contributed by atoms with Crippen molar-refractivity contribution in [2.45, 2.75) is 12.5 Å². The second kappa shape index (κ2) is 3.08. The first-order chi connectivity index (χ1) is 6.29. The SMILES string of the molecule is NC(=O)C1N=NCC2CC=NC=C21. The minimum atomic E-state index is -0.587. The van der Waals surface area contributed by atoms with Crippen LogP contribution in [0.4, 0.5) is 0 Å². The molecule has 0 aromatic rings. The van der Waals surface area contributed by atoms with Crippen LogP contribution in [0.25, 0.3) is 0 Å². The number of carbonyl (C=O) groups excluding carboxylic acids is 1. The molecule has 68 valence electrons. The number of primary amides is 1.